The van der Waals surface area contributed by atoms with Gasteiger partial charge < -0.3 is 20.1 Å². The Hall–Kier alpha value is -1.82. The number of nitrogens with two attached hydrogens (primary N) is 1. The molecule has 0 bridgehead atoms. The molecule has 0 spiro atoms. The molecule has 1 fully saturated rings. The van der Waals surface area contributed by atoms with Crippen LogP contribution in [0.25, 0.3) is 6.08 Å². The Labute approximate surface area is 123 Å². The number of H-pyrrole nitrogens is 1. The Morgan fingerprint density at radius 3 is 2.48 bits per heavy atom. The van der Waals surface area contributed by atoms with Crippen LogP contribution in [0.5, 0.6) is 0 Å². The van der Waals surface area contributed by atoms with E-state index in [0.717, 1.165) is 0 Å². The van der Waals surface area contributed by atoms with Gasteiger partial charge in [-0.1, -0.05) is 0 Å². The first-order valence-electron chi connectivity index (χ1n) is 6.62. The lowest BCUT2D eigenvalue weighted by Crippen LogP contribution is -2.41. The molecule has 4 N–H and O–H groups in total. The van der Waals surface area contributed by atoms with Crippen LogP contribution in [0, 0.1) is 11.3 Å². The van der Waals surface area contributed by atoms with Crippen molar-refractivity contribution in [2.24, 2.45) is 0 Å². The quantitative estimate of drug-likeness (QED) is 0.711. The average molecular weight is 290 g/mol. The molecule has 0 saturated carbocycles. The molecular formula is C13H19BN4O3. The van der Waals surface area contributed by atoms with Crippen molar-refractivity contribution in [2.75, 3.05) is 12.3 Å². The molecule has 0 radical (unpaired) electrons. The summed E-state index contributed by atoms with van der Waals surface area (Å²) in [4.78, 5) is 0. The summed E-state index contributed by atoms with van der Waals surface area (Å²) < 4.78 is 11.7. The Morgan fingerprint density at radius 1 is 1.43 bits per heavy atom. The summed E-state index contributed by atoms with van der Waals surface area (Å²) in [7, 11) is -0.684. The van der Waals surface area contributed by atoms with Crippen LogP contribution in [0.2, 0.25) is 0 Å². The fourth-order valence-corrected chi connectivity index (χ4v) is 1.96. The third-order valence-corrected chi connectivity index (χ3v) is 4.00. The van der Waals surface area contributed by atoms with Gasteiger partial charge >= 0.3 is 7.12 Å². The fraction of sp³-hybridized carbons (Fsp3) is 0.538. The molecule has 2 rings (SSSR count). The molecule has 0 aromatic carbocycles. The number of anilines is 1. The SMILES string of the molecule is CC1(C)OB(C(=Cc2[nH]nc(N)c2C#N)CO)OC1(C)C. The highest BCUT2D eigenvalue weighted by Gasteiger charge is 2.52. The molecule has 21 heavy (non-hydrogen) atoms. The monoisotopic (exact) mass is 290 g/mol. The van der Waals surface area contributed by atoms with E-state index in [0.29, 0.717) is 11.2 Å². The number of aliphatic hydroxyl groups is 1. The number of hydrogen-bond donors (Lipinski definition) is 3. The number of nitriles is 1. The highest BCUT2D eigenvalue weighted by atomic mass is 16.7. The average Bonchev–Trinajstić information content (AvgIpc) is 2.84. The van der Waals surface area contributed by atoms with Crippen molar-refractivity contribution in [3.63, 3.8) is 0 Å². The third kappa shape index (κ3) is 2.68. The lowest BCUT2D eigenvalue weighted by atomic mass is 9.78. The molecule has 0 unspecified atom stereocenters. The van der Waals surface area contributed by atoms with Crippen molar-refractivity contribution in [1.82, 2.24) is 10.2 Å². The molecule has 0 aliphatic carbocycles. The number of nitrogens with one attached hydrogen (secondary N) is 1. The van der Waals surface area contributed by atoms with Gasteiger partial charge in [0.1, 0.15) is 11.6 Å². The zero-order valence-corrected chi connectivity index (χ0v) is 12.6. The highest BCUT2D eigenvalue weighted by molar-refractivity contribution is 6.55. The lowest BCUT2D eigenvalue weighted by molar-refractivity contribution is 0.00578. The zero-order valence-electron chi connectivity index (χ0n) is 12.6. The lowest BCUT2D eigenvalue weighted by Gasteiger charge is -2.32. The smallest absolute Gasteiger partial charge is 0.400 e. The van der Waals surface area contributed by atoms with Crippen LogP contribution in [0.4, 0.5) is 5.82 Å². The second-order valence-electron chi connectivity index (χ2n) is 5.97. The standard InChI is InChI=1S/C13H19BN4O3/c1-12(2)13(3,4)21-14(20-12)8(7-19)5-10-9(6-15)11(16)18-17-10/h5,19H,7H2,1-4H3,(H3,16,17,18). The number of rotatable bonds is 3. The molecule has 1 aromatic heterocycles. The molecule has 2 heterocycles. The van der Waals surface area contributed by atoms with Crippen molar-refractivity contribution < 1.29 is 14.4 Å². The van der Waals surface area contributed by atoms with Crippen LogP contribution >= 0.6 is 0 Å². The second-order valence-corrected chi connectivity index (χ2v) is 5.97. The maximum atomic E-state index is 9.58. The van der Waals surface area contributed by atoms with E-state index in [1.54, 1.807) is 6.08 Å². The van der Waals surface area contributed by atoms with Gasteiger partial charge in [0.15, 0.2) is 5.82 Å². The molecule has 1 aromatic rings. The van der Waals surface area contributed by atoms with Crippen LogP contribution in [-0.4, -0.2) is 40.2 Å². The summed E-state index contributed by atoms with van der Waals surface area (Å²) in [5.74, 6) is 0.120. The summed E-state index contributed by atoms with van der Waals surface area (Å²) in [6, 6.07) is 1.97. The van der Waals surface area contributed by atoms with Gasteiger partial charge in [-0.3, -0.25) is 5.10 Å². The minimum atomic E-state index is -0.684. The van der Waals surface area contributed by atoms with Gasteiger partial charge in [-0.05, 0) is 39.2 Å². The van der Waals surface area contributed by atoms with E-state index in [2.05, 4.69) is 10.2 Å². The van der Waals surface area contributed by atoms with Crippen LogP contribution in [-0.2, 0) is 9.31 Å². The Morgan fingerprint density at radius 2 is 2.00 bits per heavy atom. The summed E-state index contributed by atoms with van der Waals surface area (Å²) in [5.41, 5.74) is 5.74. The van der Waals surface area contributed by atoms with Crippen LogP contribution < -0.4 is 5.73 Å². The largest absolute Gasteiger partial charge is 0.492 e. The molecule has 1 saturated heterocycles. The van der Waals surface area contributed by atoms with E-state index in [1.807, 2.05) is 33.8 Å². The van der Waals surface area contributed by atoms with Gasteiger partial charge in [0.05, 0.1) is 23.5 Å². The van der Waals surface area contributed by atoms with Gasteiger partial charge in [-0.25, -0.2) is 0 Å². The van der Waals surface area contributed by atoms with Crippen molar-refractivity contribution in [1.29, 1.82) is 5.26 Å². The Bertz CT molecular complexity index is 599. The van der Waals surface area contributed by atoms with Crippen LogP contribution in [0.15, 0.2) is 5.47 Å². The van der Waals surface area contributed by atoms with Gasteiger partial charge in [0, 0.05) is 0 Å². The molecule has 7 nitrogen and oxygen atoms in total. The normalized spacial score (nSPS) is 20.6. The summed E-state index contributed by atoms with van der Waals surface area (Å²) in [5, 5.41) is 25.1. The van der Waals surface area contributed by atoms with E-state index in [9.17, 15) is 5.11 Å². The topological polar surface area (TPSA) is 117 Å². The van der Waals surface area contributed by atoms with Crippen LogP contribution in [0.3, 0.4) is 0 Å². The highest BCUT2D eigenvalue weighted by Crippen LogP contribution is 2.38. The van der Waals surface area contributed by atoms with Gasteiger partial charge in [0.25, 0.3) is 0 Å². The second kappa shape index (κ2) is 5.18. The predicted molar refractivity (Wildman–Crippen MR) is 78.9 cm³/mol. The number of nitrogen functional groups attached to an aromatic ring is 1. The summed E-state index contributed by atoms with van der Waals surface area (Å²) in [6.45, 7) is 7.45. The van der Waals surface area contributed by atoms with Crippen molar-refractivity contribution >= 4 is 19.0 Å². The first-order valence-corrected chi connectivity index (χ1v) is 6.62. The number of nitrogens with zero attached hydrogens (tertiary/aromatic N) is 2. The van der Waals surface area contributed by atoms with Crippen LogP contribution in [0.1, 0.15) is 39.0 Å². The van der Waals surface area contributed by atoms with Gasteiger partial charge in [-0.2, -0.15) is 10.4 Å². The predicted octanol–water partition coefficient (Wildman–Crippen LogP) is 0.871. The number of hydrogen-bond acceptors (Lipinski definition) is 6. The van der Waals surface area contributed by atoms with Crippen molar-refractivity contribution in [2.45, 2.75) is 38.9 Å². The maximum absolute atomic E-state index is 9.58. The molecule has 112 valence electrons. The Kier molecular flexibility index (Phi) is 3.84. The molecular weight excluding hydrogens is 271 g/mol. The minimum Gasteiger partial charge on any atom is -0.400 e. The molecule has 1 aliphatic rings. The summed E-state index contributed by atoms with van der Waals surface area (Å²) >= 11 is 0. The van der Waals surface area contributed by atoms with Gasteiger partial charge in [-0.15, -0.1) is 0 Å². The molecule has 0 atom stereocenters. The number of aromatic nitrogens is 2. The van der Waals surface area contributed by atoms with E-state index < -0.39 is 18.3 Å². The summed E-state index contributed by atoms with van der Waals surface area (Å²) in [6.07, 6.45) is 1.59. The fourth-order valence-electron chi connectivity index (χ4n) is 1.96. The molecule has 1 aliphatic heterocycles. The van der Waals surface area contributed by atoms with Gasteiger partial charge in [0.2, 0.25) is 0 Å². The minimum absolute atomic E-state index is 0.120. The number of aromatic amines is 1. The first kappa shape index (κ1) is 15.6. The molecule has 8 heteroatoms. The van der Waals surface area contributed by atoms with E-state index >= 15 is 0 Å². The van der Waals surface area contributed by atoms with Crippen molar-refractivity contribution in [3.05, 3.63) is 16.7 Å². The molecule has 0 amide bonds. The Balaban J connectivity index is 2.34. The van der Waals surface area contributed by atoms with E-state index in [4.69, 9.17) is 20.3 Å². The number of aliphatic hydroxyl groups excluding tert-OH is 1. The van der Waals surface area contributed by atoms with E-state index in [-0.39, 0.29) is 18.0 Å². The maximum Gasteiger partial charge on any atom is 0.492 e. The van der Waals surface area contributed by atoms with Crippen molar-refractivity contribution in [3.8, 4) is 6.07 Å². The van der Waals surface area contributed by atoms with E-state index in [1.165, 1.54) is 0 Å². The first-order chi connectivity index (χ1) is 9.71. The third-order valence-electron chi connectivity index (χ3n) is 4.00. The zero-order chi connectivity index (χ0) is 15.8.